The maximum atomic E-state index is 13.1. The SMILES string of the molecule is CCCCOCCCN1C(=O)C(Nc2ccc(C)c(C)c2)=C(c2cccs2)C1=O. The average Bonchev–Trinajstić information content (AvgIpc) is 3.30. The molecule has 1 N–H and O–H groups in total. The summed E-state index contributed by atoms with van der Waals surface area (Å²) in [4.78, 5) is 28.3. The predicted octanol–water partition coefficient (Wildman–Crippen LogP) is 4.76. The zero-order valence-corrected chi connectivity index (χ0v) is 18.1. The van der Waals surface area contributed by atoms with Gasteiger partial charge in [0.25, 0.3) is 11.8 Å². The topological polar surface area (TPSA) is 58.6 Å². The third-order valence-electron chi connectivity index (χ3n) is 5.02. The van der Waals surface area contributed by atoms with E-state index >= 15 is 0 Å². The van der Waals surface area contributed by atoms with Gasteiger partial charge in [-0.05, 0) is 61.4 Å². The number of imide groups is 1. The van der Waals surface area contributed by atoms with Gasteiger partial charge in [-0.15, -0.1) is 11.3 Å². The van der Waals surface area contributed by atoms with Gasteiger partial charge < -0.3 is 10.1 Å². The van der Waals surface area contributed by atoms with Crippen molar-refractivity contribution >= 4 is 34.4 Å². The van der Waals surface area contributed by atoms with E-state index in [0.717, 1.165) is 35.6 Å². The molecule has 1 aromatic carbocycles. The fraction of sp³-hybridized carbons (Fsp3) is 0.391. The minimum Gasteiger partial charge on any atom is -0.381 e. The van der Waals surface area contributed by atoms with Gasteiger partial charge >= 0.3 is 0 Å². The number of nitrogens with one attached hydrogen (secondary N) is 1. The second-order valence-electron chi connectivity index (χ2n) is 7.23. The number of rotatable bonds is 10. The molecule has 0 unspecified atom stereocenters. The number of anilines is 1. The summed E-state index contributed by atoms with van der Waals surface area (Å²) in [6.07, 6.45) is 2.75. The number of thiophene rings is 1. The van der Waals surface area contributed by atoms with Crippen molar-refractivity contribution in [1.82, 2.24) is 4.90 Å². The largest absolute Gasteiger partial charge is 0.381 e. The highest BCUT2D eigenvalue weighted by molar-refractivity contribution is 7.11. The van der Waals surface area contributed by atoms with Gasteiger partial charge in [0.1, 0.15) is 5.70 Å². The highest BCUT2D eigenvalue weighted by atomic mass is 32.1. The number of hydrogen-bond acceptors (Lipinski definition) is 5. The molecule has 3 rings (SSSR count). The Morgan fingerprint density at radius 3 is 2.52 bits per heavy atom. The second-order valence-corrected chi connectivity index (χ2v) is 8.18. The van der Waals surface area contributed by atoms with Gasteiger partial charge in [0.15, 0.2) is 0 Å². The first-order valence-electron chi connectivity index (χ1n) is 10.1. The minimum absolute atomic E-state index is 0.239. The number of hydrogen-bond donors (Lipinski definition) is 1. The molecule has 2 amide bonds. The summed E-state index contributed by atoms with van der Waals surface area (Å²) in [6, 6.07) is 9.71. The monoisotopic (exact) mass is 412 g/mol. The van der Waals surface area contributed by atoms with Gasteiger partial charge in [-0.25, -0.2) is 0 Å². The van der Waals surface area contributed by atoms with Crippen LogP contribution < -0.4 is 5.32 Å². The highest BCUT2D eigenvalue weighted by Gasteiger charge is 2.39. The highest BCUT2D eigenvalue weighted by Crippen LogP contribution is 2.33. The Bertz CT molecular complexity index is 903. The van der Waals surface area contributed by atoms with Crippen molar-refractivity contribution in [2.24, 2.45) is 0 Å². The van der Waals surface area contributed by atoms with Crippen LogP contribution in [0, 0.1) is 13.8 Å². The van der Waals surface area contributed by atoms with Crippen LogP contribution in [0.3, 0.4) is 0 Å². The second kappa shape index (κ2) is 9.85. The smallest absolute Gasteiger partial charge is 0.278 e. The average molecular weight is 413 g/mol. The van der Waals surface area contributed by atoms with Crippen LogP contribution in [0.4, 0.5) is 5.69 Å². The molecule has 0 aliphatic carbocycles. The van der Waals surface area contributed by atoms with E-state index in [1.54, 1.807) is 0 Å². The summed E-state index contributed by atoms with van der Waals surface area (Å²) in [6.45, 7) is 7.82. The van der Waals surface area contributed by atoms with Crippen LogP contribution in [0.15, 0.2) is 41.4 Å². The molecular formula is C23H28N2O3S. The molecular weight excluding hydrogens is 384 g/mol. The summed E-state index contributed by atoms with van der Waals surface area (Å²) < 4.78 is 5.57. The number of benzene rings is 1. The molecule has 1 aliphatic rings. The normalized spacial score (nSPS) is 14.2. The summed E-state index contributed by atoms with van der Waals surface area (Å²) in [5.74, 6) is -0.512. The Hall–Kier alpha value is -2.44. The number of amides is 2. The molecule has 0 fully saturated rings. The zero-order valence-electron chi connectivity index (χ0n) is 17.3. The molecule has 1 aliphatic heterocycles. The van der Waals surface area contributed by atoms with Crippen LogP contribution in [0.1, 0.15) is 42.2 Å². The maximum Gasteiger partial charge on any atom is 0.278 e. The quantitative estimate of drug-likeness (QED) is 0.451. The molecule has 0 saturated carbocycles. The molecule has 1 aromatic heterocycles. The van der Waals surface area contributed by atoms with Crippen LogP contribution in [0.5, 0.6) is 0 Å². The van der Waals surface area contributed by atoms with E-state index in [-0.39, 0.29) is 11.8 Å². The molecule has 6 heteroatoms. The molecule has 0 bridgehead atoms. The lowest BCUT2D eigenvalue weighted by atomic mass is 10.1. The Labute approximate surface area is 176 Å². The first kappa shape index (κ1) is 21.3. The van der Waals surface area contributed by atoms with Crippen LogP contribution in [-0.2, 0) is 14.3 Å². The fourth-order valence-corrected chi connectivity index (χ4v) is 3.95. The lowest BCUT2D eigenvalue weighted by Crippen LogP contribution is -2.34. The Morgan fingerprint density at radius 2 is 1.83 bits per heavy atom. The Kier molecular flexibility index (Phi) is 7.23. The van der Waals surface area contributed by atoms with Gasteiger partial charge in [0, 0.05) is 30.3 Å². The first-order chi connectivity index (χ1) is 14.0. The Morgan fingerprint density at radius 1 is 1.03 bits per heavy atom. The van der Waals surface area contributed by atoms with Crippen molar-refractivity contribution in [2.45, 2.75) is 40.0 Å². The third kappa shape index (κ3) is 4.95. The summed E-state index contributed by atoms with van der Waals surface area (Å²) in [5, 5.41) is 5.13. The van der Waals surface area contributed by atoms with Crippen molar-refractivity contribution in [2.75, 3.05) is 25.1 Å². The molecule has 5 nitrogen and oxygen atoms in total. The van der Waals surface area contributed by atoms with Crippen molar-refractivity contribution in [1.29, 1.82) is 0 Å². The van der Waals surface area contributed by atoms with E-state index in [9.17, 15) is 9.59 Å². The molecule has 29 heavy (non-hydrogen) atoms. The number of unbranched alkanes of at least 4 members (excludes halogenated alkanes) is 1. The predicted molar refractivity (Wildman–Crippen MR) is 118 cm³/mol. The number of nitrogens with zero attached hydrogens (tertiary/aromatic N) is 1. The van der Waals surface area contributed by atoms with Gasteiger partial charge in [0.05, 0.1) is 5.57 Å². The summed E-state index contributed by atoms with van der Waals surface area (Å²) in [5.41, 5.74) is 3.93. The molecule has 0 atom stereocenters. The van der Waals surface area contributed by atoms with E-state index in [1.807, 2.05) is 49.6 Å². The van der Waals surface area contributed by atoms with E-state index in [1.165, 1.54) is 21.8 Å². The van der Waals surface area contributed by atoms with Crippen LogP contribution in [0.25, 0.3) is 5.57 Å². The van der Waals surface area contributed by atoms with Crippen LogP contribution >= 0.6 is 11.3 Å². The van der Waals surface area contributed by atoms with E-state index < -0.39 is 0 Å². The van der Waals surface area contributed by atoms with E-state index in [4.69, 9.17) is 4.74 Å². The number of carbonyl (C=O) groups excluding carboxylic acids is 2. The van der Waals surface area contributed by atoms with E-state index in [0.29, 0.717) is 30.8 Å². The van der Waals surface area contributed by atoms with Crippen LogP contribution in [0.2, 0.25) is 0 Å². The molecule has 0 radical (unpaired) electrons. The van der Waals surface area contributed by atoms with Gasteiger partial charge in [0.2, 0.25) is 0 Å². The number of ether oxygens (including phenoxy) is 1. The number of carbonyl (C=O) groups is 2. The van der Waals surface area contributed by atoms with Crippen molar-refractivity contribution < 1.29 is 14.3 Å². The van der Waals surface area contributed by atoms with E-state index in [2.05, 4.69) is 12.2 Å². The maximum absolute atomic E-state index is 13.1. The van der Waals surface area contributed by atoms with Crippen molar-refractivity contribution in [3.05, 3.63) is 57.4 Å². The van der Waals surface area contributed by atoms with Crippen molar-refractivity contribution in [3.8, 4) is 0 Å². The van der Waals surface area contributed by atoms with Gasteiger partial charge in [-0.2, -0.15) is 0 Å². The molecule has 2 heterocycles. The van der Waals surface area contributed by atoms with Crippen LogP contribution in [-0.4, -0.2) is 36.5 Å². The molecule has 0 spiro atoms. The minimum atomic E-state index is -0.273. The first-order valence-corrected chi connectivity index (χ1v) is 11.0. The third-order valence-corrected chi connectivity index (χ3v) is 5.91. The van der Waals surface area contributed by atoms with Gasteiger partial charge in [-0.1, -0.05) is 25.5 Å². The standard InChI is InChI=1S/C23H28N2O3S/c1-4-5-12-28-13-7-11-25-22(26)20(19-8-6-14-29-19)21(23(25)27)24-18-10-9-16(2)17(3)15-18/h6,8-10,14-15,24H,4-5,7,11-13H2,1-3H3. The number of aryl methyl sites for hydroxylation is 2. The fourth-order valence-electron chi connectivity index (χ4n) is 3.18. The van der Waals surface area contributed by atoms with Crippen molar-refractivity contribution in [3.63, 3.8) is 0 Å². The molecule has 154 valence electrons. The molecule has 2 aromatic rings. The zero-order chi connectivity index (χ0) is 20.8. The lowest BCUT2D eigenvalue weighted by molar-refractivity contribution is -0.137. The lowest BCUT2D eigenvalue weighted by Gasteiger charge is -2.15. The summed E-state index contributed by atoms with van der Waals surface area (Å²) in [7, 11) is 0. The van der Waals surface area contributed by atoms with Gasteiger partial charge in [-0.3, -0.25) is 14.5 Å². The molecule has 0 saturated heterocycles. The summed E-state index contributed by atoms with van der Waals surface area (Å²) >= 11 is 1.46. The Balaban J connectivity index is 1.78.